The largest absolute Gasteiger partial charge is 0.493 e. The van der Waals surface area contributed by atoms with Gasteiger partial charge in [0.25, 0.3) is 0 Å². The molecule has 0 spiro atoms. The lowest BCUT2D eigenvalue weighted by Crippen LogP contribution is -2.33. The molecule has 20 heavy (non-hydrogen) atoms. The second kappa shape index (κ2) is 6.25. The van der Waals surface area contributed by atoms with Crippen LogP contribution in [-0.2, 0) is 0 Å². The van der Waals surface area contributed by atoms with Crippen molar-refractivity contribution in [3.8, 4) is 11.5 Å². The van der Waals surface area contributed by atoms with Crippen molar-refractivity contribution in [1.82, 2.24) is 0 Å². The summed E-state index contributed by atoms with van der Waals surface area (Å²) in [6.45, 7) is 4.64. The third-order valence-corrected chi connectivity index (χ3v) is 4.33. The van der Waals surface area contributed by atoms with E-state index < -0.39 is 0 Å². The summed E-state index contributed by atoms with van der Waals surface area (Å²) in [6.07, 6.45) is 3.73. The van der Waals surface area contributed by atoms with Crippen molar-refractivity contribution in [2.75, 3.05) is 25.3 Å². The lowest BCUT2D eigenvalue weighted by molar-refractivity contribution is 0.276. The van der Waals surface area contributed by atoms with E-state index >= 15 is 0 Å². The number of nitrogens with two attached hydrogens (primary N) is 1. The van der Waals surface area contributed by atoms with Gasteiger partial charge in [-0.05, 0) is 31.1 Å². The maximum atomic E-state index is 6.11. The van der Waals surface area contributed by atoms with Gasteiger partial charge in [-0.2, -0.15) is 0 Å². The number of hydrogen-bond acceptors (Lipinski definition) is 4. The van der Waals surface area contributed by atoms with E-state index in [0.29, 0.717) is 29.1 Å². The smallest absolute Gasteiger partial charge is 0.162 e. The standard InChI is InChI=1S/C16H26N2O2/c1-10-5-6-13(11(2)7-10)18-14-9-16(20-4)15(19-3)8-12(14)17/h8-11,13,18H,5-7,17H2,1-4H3. The Labute approximate surface area is 121 Å². The van der Waals surface area contributed by atoms with Gasteiger partial charge in [-0.15, -0.1) is 0 Å². The number of nitrogen functional groups attached to an aromatic ring is 1. The molecule has 0 bridgehead atoms. The summed E-state index contributed by atoms with van der Waals surface area (Å²) < 4.78 is 10.6. The summed E-state index contributed by atoms with van der Waals surface area (Å²) in [6, 6.07) is 4.22. The van der Waals surface area contributed by atoms with Crippen molar-refractivity contribution in [2.24, 2.45) is 11.8 Å². The van der Waals surface area contributed by atoms with Crippen LogP contribution >= 0.6 is 0 Å². The minimum Gasteiger partial charge on any atom is -0.493 e. The van der Waals surface area contributed by atoms with Crippen LogP contribution in [0.2, 0.25) is 0 Å². The predicted molar refractivity (Wildman–Crippen MR) is 83.5 cm³/mol. The first-order valence-electron chi connectivity index (χ1n) is 7.33. The molecule has 0 aromatic heterocycles. The Morgan fingerprint density at radius 3 is 2.35 bits per heavy atom. The minimum absolute atomic E-state index is 0.478. The van der Waals surface area contributed by atoms with Gasteiger partial charge in [0.05, 0.1) is 25.6 Å². The third kappa shape index (κ3) is 3.11. The molecule has 3 atom stereocenters. The fourth-order valence-electron chi connectivity index (χ4n) is 3.10. The average Bonchev–Trinajstić information content (AvgIpc) is 2.43. The van der Waals surface area contributed by atoms with Gasteiger partial charge in [-0.1, -0.05) is 13.8 Å². The quantitative estimate of drug-likeness (QED) is 0.827. The monoisotopic (exact) mass is 278 g/mol. The Morgan fingerprint density at radius 2 is 1.75 bits per heavy atom. The zero-order valence-electron chi connectivity index (χ0n) is 12.9. The second-order valence-corrected chi connectivity index (χ2v) is 5.94. The highest BCUT2D eigenvalue weighted by atomic mass is 16.5. The van der Waals surface area contributed by atoms with Gasteiger partial charge in [0.1, 0.15) is 0 Å². The van der Waals surface area contributed by atoms with Gasteiger partial charge in [0.15, 0.2) is 11.5 Å². The molecule has 1 aromatic rings. The van der Waals surface area contributed by atoms with Crippen LogP contribution in [0.5, 0.6) is 11.5 Å². The van der Waals surface area contributed by atoms with E-state index in [9.17, 15) is 0 Å². The highest BCUT2D eigenvalue weighted by Crippen LogP contribution is 2.37. The van der Waals surface area contributed by atoms with E-state index in [0.717, 1.165) is 11.6 Å². The highest BCUT2D eigenvalue weighted by molar-refractivity contribution is 5.72. The molecular formula is C16H26N2O2. The molecule has 2 rings (SSSR count). The molecule has 1 aromatic carbocycles. The highest BCUT2D eigenvalue weighted by Gasteiger charge is 2.25. The topological polar surface area (TPSA) is 56.5 Å². The summed E-state index contributed by atoms with van der Waals surface area (Å²) in [5.41, 5.74) is 7.75. The van der Waals surface area contributed by atoms with E-state index in [1.54, 1.807) is 14.2 Å². The van der Waals surface area contributed by atoms with E-state index in [4.69, 9.17) is 15.2 Å². The van der Waals surface area contributed by atoms with Gasteiger partial charge in [-0.3, -0.25) is 0 Å². The predicted octanol–water partition coefficient (Wildman–Crippen LogP) is 3.52. The molecule has 3 N–H and O–H groups in total. The van der Waals surface area contributed by atoms with Crippen molar-refractivity contribution in [3.63, 3.8) is 0 Å². The molecule has 1 fully saturated rings. The van der Waals surface area contributed by atoms with Crippen LogP contribution in [0.1, 0.15) is 33.1 Å². The molecule has 1 aliphatic rings. The molecular weight excluding hydrogens is 252 g/mol. The van der Waals surface area contributed by atoms with Gasteiger partial charge in [0.2, 0.25) is 0 Å². The Kier molecular flexibility index (Phi) is 4.63. The summed E-state index contributed by atoms with van der Waals surface area (Å²) in [5, 5.41) is 3.58. The Morgan fingerprint density at radius 1 is 1.10 bits per heavy atom. The molecule has 0 aliphatic heterocycles. The zero-order valence-corrected chi connectivity index (χ0v) is 12.9. The van der Waals surface area contributed by atoms with Crippen LogP contribution in [0.4, 0.5) is 11.4 Å². The fraction of sp³-hybridized carbons (Fsp3) is 0.625. The first kappa shape index (κ1) is 14.8. The maximum absolute atomic E-state index is 6.11. The van der Waals surface area contributed by atoms with E-state index in [1.165, 1.54) is 19.3 Å². The first-order valence-corrected chi connectivity index (χ1v) is 7.33. The van der Waals surface area contributed by atoms with Crippen LogP contribution in [0.25, 0.3) is 0 Å². The molecule has 4 nitrogen and oxygen atoms in total. The number of hydrogen-bond donors (Lipinski definition) is 2. The lowest BCUT2D eigenvalue weighted by Gasteiger charge is -2.34. The van der Waals surface area contributed by atoms with Crippen molar-refractivity contribution >= 4 is 11.4 Å². The molecule has 3 unspecified atom stereocenters. The normalized spacial score (nSPS) is 26.1. The summed E-state index contributed by atoms with van der Waals surface area (Å²) in [4.78, 5) is 0. The van der Waals surface area contributed by atoms with Crippen LogP contribution < -0.4 is 20.5 Å². The number of methoxy groups -OCH3 is 2. The van der Waals surface area contributed by atoms with E-state index in [2.05, 4.69) is 19.2 Å². The first-order chi connectivity index (χ1) is 9.55. The Hall–Kier alpha value is -1.58. The molecule has 0 saturated heterocycles. The number of nitrogens with one attached hydrogen (secondary N) is 1. The number of anilines is 2. The lowest BCUT2D eigenvalue weighted by atomic mass is 9.80. The molecule has 4 heteroatoms. The van der Waals surface area contributed by atoms with Gasteiger partial charge >= 0.3 is 0 Å². The number of ether oxygens (including phenoxy) is 2. The molecule has 0 heterocycles. The second-order valence-electron chi connectivity index (χ2n) is 5.94. The Balaban J connectivity index is 2.16. The van der Waals surface area contributed by atoms with Crippen LogP contribution in [0, 0.1) is 11.8 Å². The molecule has 1 aliphatic carbocycles. The van der Waals surface area contributed by atoms with Crippen LogP contribution in [-0.4, -0.2) is 20.3 Å². The van der Waals surface area contributed by atoms with Crippen molar-refractivity contribution in [2.45, 2.75) is 39.2 Å². The van der Waals surface area contributed by atoms with Crippen molar-refractivity contribution in [1.29, 1.82) is 0 Å². The van der Waals surface area contributed by atoms with E-state index in [1.807, 2.05) is 12.1 Å². The fourth-order valence-corrected chi connectivity index (χ4v) is 3.10. The van der Waals surface area contributed by atoms with Crippen LogP contribution in [0.3, 0.4) is 0 Å². The third-order valence-electron chi connectivity index (χ3n) is 4.33. The molecule has 112 valence electrons. The molecule has 0 radical (unpaired) electrons. The SMILES string of the molecule is COc1cc(N)c(NC2CCC(C)CC2C)cc1OC. The number of benzene rings is 1. The van der Waals surface area contributed by atoms with Gasteiger partial charge in [-0.25, -0.2) is 0 Å². The summed E-state index contributed by atoms with van der Waals surface area (Å²) in [5.74, 6) is 2.86. The van der Waals surface area contributed by atoms with Crippen molar-refractivity contribution in [3.05, 3.63) is 12.1 Å². The van der Waals surface area contributed by atoms with Crippen molar-refractivity contribution < 1.29 is 9.47 Å². The van der Waals surface area contributed by atoms with Crippen LogP contribution in [0.15, 0.2) is 12.1 Å². The number of rotatable bonds is 4. The minimum atomic E-state index is 0.478. The molecule has 0 amide bonds. The summed E-state index contributed by atoms with van der Waals surface area (Å²) in [7, 11) is 3.26. The Bertz CT molecular complexity index is 462. The molecule has 1 saturated carbocycles. The zero-order chi connectivity index (χ0) is 14.7. The van der Waals surface area contributed by atoms with Gasteiger partial charge in [0, 0.05) is 18.2 Å². The van der Waals surface area contributed by atoms with Gasteiger partial charge < -0.3 is 20.5 Å². The average molecular weight is 278 g/mol. The van der Waals surface area contributed by atoms with E-state index in [-0.39, 0.29) is 0 Å². The maximum Gasteiger partial charge on any atom is 0.162 e. The summed E-state index contributed by atoms with van der Waals surface area (Å²) >= 11 is 0.